The molecule has 1 aliphatic heterocycles. The van der Waals surface area contributed by atoms with Crippen LogP contribution in [0.5, 0.6) is 5.75 Å². The van der Waals surface area contributed by atoms with Gasteiger partial charge in [0.15, 0.2) is 0 Å². The van der Waals surface area contributed by atoms with Crippen LogP contribution in [0.15, 0.2) is 48.5 Å². The smallest absolute Gasteiger partial charge is 0.118 e. The highest BCUT2D eigenvalue weighted by atomic mass is 16.5. The minimum absolute atomic E-state index is 0.214. The van der Waals surface area contributed by atoms with Crippen LogP contribution >= 0.6 is 0 Å². The van der Waals surface area contributed by atoms with Crippen LogP contribution in [-0.2, 0) is 4.74 Å². The Labute approximate surface area is 148 Å². The first-order chi connectivity index (χ1) is 12.3. The van der Waals surface area contributed by atoms with Crippen molar-refractivity contribution in [3.63, 3.8) is 0 Å². The van der Waals surface area contributed by atoms with Gasteiger partial charge < -0.3 is 14.5 Å². The van der Waals surface area contributed by atoms with E-state index in [1.807, 2.05) is 12.1 Å². The molecule has 1 saturated heterocycles. The van der Waals surface area contributed by atoms with Gasteiger partial charge in [0.2, 0.25) is 0 Å². The molecule has 1 aromatic heterocycles. The lowest BCUT2D eigenvalue weighted by Crippen LogP contribution is -2.39. The molecule has 0 spiro atoms. The minimum atomic E-state index is 0.214. The Balaban J connectivity index is 1.85. The summed E-state index contributed by atoms with van der Waals surface area (Å²) in [4.78, 5) is 6.08. The maximum Gasteiger partial charge on any atom is 0.118 e. The number of para-hydroxylation sites is 1. The van der Waals surface area contributed by atoms with Crippen LogP contribution in [-0.4, -0.2) is 43.3 Å². The topological polar surface area (TPSA) is 37.5 Å². The first-order valence-corrected chi connectivity index (χ1v) is 8.81. The van der Waals surface area contributed by atoms with E-state index < -0.39 is 0 Å². The van der Waals surface area contributed by atoms with Crippen LogP contribution in [0.25, 0.3) is 10.9 Å². The van der Waals surface area contributed by atoms with Gasteiger partial charge in [0.25, 0.3) is 0 Å². The van der Waals surface area contributed by atoms with Gasteiger partial charge in [-0.1, -0.05) is 30.3 Å². The molecule has 4 rings (SSSR count). The van der Waals surface area contributed by atoms with Crippen LogP contribution < -0.4 is 4.74 Å². The van der Waals surface area contributed by atoms with Crippen molar-refractivity contribution in [3.8, 4) is 5.75 Å². The SMILES string of the molecule is COc1ccc([C@@H](c2c(C)[nH]c3ccccc23)N2CCOCC2)cc1. The summed E-state index contributed by atoms with van der Waals surface area (Å²) in [6, 6.07) is 17.2. The number of rotatable bonds is 4. The summed E-state index contributed by atoms with van der Waals surface area (Å²) in [5, 5.41) is 1.30. The predicted octanol–water partition coefficient (Wildman–Crippen LogP) is 3.91. The normalized spacial score (nSPS) is 16.9. The van der Waals surface area contributed by atoms with Crippen LogP contribution in [0.3, 0.4) is 0 Å². The van der Waals surface area contributed by atoms with E-state index in [4.69, 9.17) is 9.47 Å². The molecule has 0 radical (unpaired) electrons. The van der Waals surface area contributed by atoms with Gasteiger partial charge in [-0.2, -0.15) is 0 Å². The molecule has 0 amide bonds. The second-order valence-corrected chi connectivity index (χ2v) is 6.53. The summed E-state index contributed by atoms with van der Waals surface area (Å²) in [5.74, 6) is 0.889. The average molecular weight is 336 g/mol. The number of nitrogens with one attached hydrogen (secondary N) is 1. The molecule has 1 fully saturated rings. The highest BCUT2D eigenvalue weighted by Gasteiger charge is 2.28. The van der Waals surface area contributed by atoms with Crippen LogP contribution in [0, 0.1) is 6.92 Å². The Hall–Kier alpha value is -2.30. The molecular weight excluding hydrogens is 312 g/mol. The maximum atomic E-state index is 5.59. The number of fused-ring (bicyclic) bond motifs is 1. The van der Waals surface area contributed by atoms with Gasteiger partial charge in [0.1, 0.15) is 5.75 Å². The molecule has 0 bridgehead atoms. The lowest BCUT2D eigenvalue weighted by Gasteiger charge is -2.35. The molecule has 0 aliphatic carbocycles. The van der Waals surface area contributed by atoms with Crippen molar-refractivity contribution in [3.05, 3.63) is 65.4 Å². The summed E-state index contributed by atoms with van der Waals surface area (Å²) in [6.07, 6.45) is 0. The molecule has 0 unspecified atom stereocenters. The number of ether oxygens (including phenoxy) is 2. The largest absolute Gasteiger partial charge is 0.497 e. The Morgan fingerprint density at radius 1 is 1.04 bits per heavy atom. The number of aryl methyl sites for hydroxylation is 1. The zero-order valence-corrected chi connectivity index (χ0v) is 14.8. The van der Waals surface area contributed by atoms with Crippen LogP contribution in [0.2, 0.25) is 0 Å². The third-order valence-corrected chi connectivity index (χ3v) is 5.06. The van der Waals surface area contributed by atoms with Gasteiger partial charge in [0.05, 0.1) is 26.4 Å². The van der Waals surface area contributed by atoms with E-state index in [2.05, 4.69) is 53.2 Å². The molecule has 25 heavy (non-hydrogen) atoms. The molecule has 4 heteroatoms. The molecule has 2 aromatic carbocycles. The average Bonchev–Trinajstić information content (AvgIpc) is 3.00. The molecule has 1 atom stereocenters. The maximum absolute atomic E-state index is 5.59. The molecule has 130 valence electrons. The van der Waals surface area contributed by atoms with Gasteiger partial charge in [0, 0.05) is 35.2 Å². The van der Waals surface area contributed by atoms with E-state index in [1.54, 1.807) is 7.11 Å². The number of aromatic nitrogens is 1. The van der Waals surface area contributed by atoms with Gasteiger partial charge in [-0.05, 0) is 30.7 Å². The number of morpholine rings is 1. The van der Waals surface area contributed by atoms with E-state index >= 15 is 0 Å². The fourth-order valence-electron chi connectivity index (χ4n) is 3.83. The molecule has 2 heterocycles. The number of H-pyrrole nitrogens is 1. The molecule has 4 nitrogen and oxygen atoms in total. The molecule has 0 saturated carbocycles. The van der Waals surface area contributed by atoms with E-state index in [1.165, 1.54) is 27.7 Å². The summed E-state index contributed by atoms with van der Waals surface area (Å²) in [6.45, 7) is 5.62. The Kier molecular flexibility index (Phi) is 4.47. The lowest BCUT2D eigenvalue weighted by atomic mass is 9.94. The fourth-order valence-corrected chi connectivity index (χ4v) is 3.83. The van der Waals surface area contributed by atoms with Crippen molar-refractivity contribution in [1.82, 2.24) is 9.88 Å². The second-order valence-electron chi connectivity index (χ2n) is 6.53. The van der Waals surface area contributed by atoms with Crippen molar-refractivity contribution in [2.75, 3.05) is 33.4 Å². The minimum Gasteiger partial charge on any atom is -0.497 e. The predicted molar refractivity (Wildman–Crippen MR) is 100 cm³/mol. The van der Waals surface area contributed by atoms with Gasteiger partial charge >= 0.3 is 0 Å². The quantitative estimate of drug-likeness (QED) is 0.785. The van der Waals surface area contributed by atoms with E-state index in [-0.39, 0.29) is 6.04 Å². The third kappa shape index (κ3) is 3.03. The summed E-state index contributed by atoms with van der Waals surface area (Å²) < 4.78 is 10.9. The summed E-state index contributed by atoms with van der Waals surface area (Å²) in [7, 11) is 1.71. The fraction of sp³-hybridized carbons (Fsp3) is 0.333. The molecule has 3 aromatic rings. The highest BCUT2D eigenvalue weighted by Crippen LogP contribution is 2.37. The number of nitrogens with zero attached hydrogens (tertiary/aromatic N) is 1. The summed E-state index contributed by atoms with van der Waals surface area (Å²) in [5.41, 5.74) is 5.08. The van der Waals surface area contributed by atoms with Crippen LogP contribution in [0.4, 0.5) is 0 Å². The third-order valence-electron chi connectivity index (χ3n) is 5.06. The number of hydrogen-bond donors (Lipinski definition) is 1. The van der Waals surface area contributed by atoms with E-state index in [0.717, 1.165) is 32.1 Å². The molecule has 1 aliphatic rings. The zero-order valence-electron chi connectivity index (χ0n) is 14.8. The number of aromatic amines is 1. The Morgan fingerprint density at radius 3 is 2.48 bits per heavy atom. The standard InChI is InChI=1S/C21H24N2O2/c1-15-20(18-5-3-4-6-19(18)22-15)21(23-11-13-25-14-12-23)16-7-9-17(24-2)10-8-16/h3-10,21-22H,11-14H2,1-2H3/t21-/m0/s1. The molecular formula is C21H24N2O2. The number of benzene rings is 2. The van der Waals surface area contributed by atoms with E-state index in [0.29, 0.717) is 0 Å². The van der Waals surface area contributed by atoms with Crippen molar-refractivity contribution in [2.45, 2.75) is 13.0 Å². The van der Waals surface area contributed by atoms with Crippen molar-refractivity contribution in [1.29, 1.82) is 0 Å². The van der Waals surface area contributed by atoms with Gasteiger partial charge in [-0.25, -0.2) is 0 Å². The summed E-state index contributed by atoms with van der Waals surface area (Å²) >= 11 is 0. The number of hydrogen-bond acceptors (Lipinski definition) is 3. The lowest BCUT2D eigenvalue weighted by molar-refractivity contribution is 0.0241. The number of methoxy groups -OCH3 is 1. The van der Waals surface area contributed by atoms with Crippen molar-refractivity contribution in [2.24, 2.45) is 0 Å². The van der Waals surface area contributed by atoms with Crippen LogP contribution in [0.1, 0.15) is 22.9 Å². The monoisotopic (exact) mass is 336 g/mol. The first kappa shape index (κ1) is 16.2. The van der Waals surface area contributed by atoms with Gasteiger partial charge in [-0.15, -0.1) is 0 Å². The first-order valence-electron chi connectivity index (χ1n) is 8.81. The van der Waals surface area contributed by atoms with Gasteiger partial charge in [-0.3, -0.25) is 4.90 Å². The highest BCUT2D eigenvalue weighted by molar-refractivity contribution is 5.85. The second kappa shape index (κ2) is 6.90. The van der Waals surface area contributed by atoms with E-state index in [9.17, 15) is 0 Å². The molecule has 1 N–H and O–H groups in total. The Bertz CT molecular complexity index is 848. The zero-order chi connectivity index (χ0) is 17.2. The van der Waals surface area contributed by atoms with Crippen molar-refractivity contribution < 1.29 is 9.47 Å². The van der Waals surface area contributed by atoms with Crippen molar-refractivity contribution >= 4 is 10.9 Å². The Morgan fingerprint density at radius 2 is 1.76 bits per heavy atom.